The highest BCUT2D eigenvalue weighted by molar-refractivity contribution is 5.34. The fourth-order valence-corrected chi connectivity index (χ4v) is 10.1. The summed E-state index contributed by atoms with van der Waals surface area (Å²) < 4.78 is 50.3. The van der Waals surface area contributed by atoms with Gasteiger partial charge in [-0.1, -0.05) is 60.7 Å². The van der Waals surface area contributed by atoms with E-state index in [2.05, 4.69) is 6.07 Å². The zero-order valence-corrected chi connectivity index (χ0v) is 39.5. The number of aliphatic hydroxyl groups excluding tert-OH is 2. The van der Waals surface area contributed by atoms with E-state index in [4.69, 9.17) is 37.9 Å². The number of rotatable bonds is 20. The Morgan fingerprint density at radius 1 is 0.536 bits per heavy atom. The maximum Gasteiger partial charge on any atom is 0.187 e. The van der Waals surface area contributed by atoms with E-state index in [0.29, 0.717) is 87.5 Å². The van der Waals surface area contributed by atoms with Crippen LogP contribution >= 0.6 is 0 Å². The van der Waals surface area contributed by atoms with E-state index in [-0.39, 0.29) is 60.0 Å². The molecule has 4 aliphatic heterocycles. The van der Waals surface area contributed by atoms with E-state index < -0.39 is 37.4 Å². The number of aliphatic hydroxyl groups is 2. The number of ether oxygens (including phenoxy) is 8. The molecule has 69 heavy (non-hydrogen) atoms. The van der Waals surface area contributed by atoms with Crippen molar-refractivity contribution in [2.75, 3.05) is 6.61 Å². The van der Waals surface area contributed by atoms with Gasteiger partial charge in [0.05, 0.1) is 73.2 Å². The van der Waals surface area contributed by atoms with Crippen molar-refractivity contribution in [3.63, 3.8) is 0 Å². The fraction of sp³-hybridized carbons (Fsp3) is 0.545. The molecule has 4 aromatic carbocycles. The zero-order valence-electron chi connectivity index (χ0n) is 39.5. The zero-order chi connectivity index (χ0) is 48.1. The van der Waals surface area contributed by atoms with Gasteiger partial charge in [-0.2, -0.15) is 5.26 Å². The molecule has 13 atom stereocenters. The molecule has 0 spiro atoms. The molecule has 14 heteroatoms. The molecule has 372 valence electrons. The van der Waals surface area contributed by atoms with Gasteiger partial charge in [0.2, 0.25) is 0 Å². The number of nitrogens with zero attached hydrogens (tertiary/aromatic N) is 1. The number of phenolic OH excluding ortho intramolecular Hbond substituents is 3. The molecule has 8 rings (SSSR count). The number of aromatic hydroxyl groups is 3. The van der Waals surface area contributed by atoms with Crippen LogP contribution in [0.25, 0.3) is 0 Å². The Morgan fingerprint density at radius 3 is 1.68 bits per heavy atom. The highest BCUT2D eigenvalue weighted by Crippen LogP contribution is 2.40. The van der Waals surface area contributed by atoms with Crippen LogP contribution in [0.1, 0.15) is 156 Å². The van der Waals surface area contributed by atoms with Gasteiger partial charge < -0.3 is 63.4 Å². The lowest BCUT2D eigenvalue weighted by atomic mass is 9.95. The van der Waals surface area contributed by atoms with Gasteiger partial charge in [0.25, 0.3) is 0 Å². The molecule has 0 amide bonds. The quantitative estimate of drug-likeness (QED) is 0.0561. The minimum Gasteiger partial charge on any atom is -0.508 e. The Balaban J connectivity index is 0.820. The van der Waals surface area contributed by atoms with Crippen molar-refractivity contribution in [2.45, 2.75) is 183 Å². The van der Waals surface area contributed by atoms with Crippen molar-refractivity contribution in [1.29, 1.82) is 5.26 Å². The highest BCUT2D eigenvalue weighted by Gasteiger charge is 2.36. The normalized spacial score (nSPS) is 29.4. The Bertz CT molecular complexity index is 2240. The monoisotopic (exact) mass is 951 g/mol. The predicted octanol–water partition coefficient (Wildman–Crippen LogP) is 10.1. The summed E-state index contributed by atoms with van der Waals surface area (Å²) in [6, 6.07) is 30.4. The van der Waals surface area contributed by atoms with Gasteiger partial charge in [-0.15, -0.1) is 0 Å². The molecule has 13 unspecified atom stereocenters. The minimum atomic E-state index is -0.674. The summed E-state index contributed by atoms with van der Waals surface area (Å²) in [7, 11) is 0. The number of hydrogen-bond acceptors (Lipinski definition) is 14. The molecule has 0 radical (unpaired) electrons. The summed E-state index contributed by atoms with van der Waals surface area (Å²) in [4.78, 5) is 0. The molecule has 4 saturated heterocycles. The Labute approximate surface area is 405 Å². The summed E-state index contributed by atoms with van der Waals surface area (Å²) in [5.41, 5.74) is 3.31. The van der Waals surface area contributed by atoms with E-state index in [9.17, 15) is 30.8 Å². The Morgan fingerprint density at radius 2 is 1.06 bits per heavy atom. The first-order valence-electron chi connectivity index (χ1n) is 25.0. The van der Waals surface area contributed by atoms with Crippen LogP contribution in [0.5, 0.6) is 17.2 Å². The molecule has 5 N–H and O–H groups in total. The van der Waals surface area contributed by atoms with Crippen molar-refractivity contribution in [1.82, 2.24) is 0 Å². The van der Waals surface area contributed by atoms with Gasteiger partial charge in [0, 0.05) is 35.1 Å². The molecule has 4 fully saturated rings. The molecule has 0 saturated carbocycles. The molecule has 4 aliphatic rings. The fourth-order valence-electron chi connectivity index (χ4n) is 10.1. The van der Waals surface area contributed by atoms with Crippen molar-refractivity contribution in [3.8, 4) is 23.3 Å². The molecule has 4 heterocycles. The lowest BCUT2D eigenvalue weighted by molar-refractivity contribution is -0.256. The van der Waals surface area contributed by atoms with Crippen LogP contribution in [-0.2, 0) is 37.9 Å². The molecule has 14 nitrogen and oxygen atoms in total. The summed E-state index contributed by atoms with van der Waals surface area (Å²) in [5.74, 6) is 0.400. The van der Waals surface area contributed by atoms with Crippen LogP contribution in [-0.4, -0.2) is 87.1 Å². The number of benzene rings is 4. The molecule has 0 aliphatic carbocycles. The van der Waals surface area contributed by atoms with Gasteiger partial charge in [-0.3, -0.25) is 0 Å². The van der Waals surface area contributed by atoms with Gasteiger partial charge in [0.1, 0.15) is 17.2 Å². The smallest absolute Gasteiger partial charge is 0.187 e. The number of hydrogen-bond donors (Lipinski definition) is 5. The van der Waals surface area contributed by atoms with Gasteiger partial charge in [0.15, 0.2) is 25.2 Å². The highest BCUT2D eigenvalue weighted by atomic mass is 16.7. The Kier molecular flexibility index (Phi) is 18.4. The summed E-state index contributed by atoms with van der Waals surface area (Å²) >= 11 is 0. The summed E-state index contributed by atoms with van der Waals surface area (Å²) in [5, 5.41) is 63.0. The molecular formula is C55H69NO13. The summed E-state index contributed by atoms with van der Waals surface area (Å²) in [6.07, 6.45) is 5.28. The molecular weight excluding hydrogens is 883 g/mol. The first-order chi connectivity index (χ1) is 33.5. The standard InChI is InChI=1S/C55H69NO13/c1-35-28-42(68-55(63-35)49-19-3-5-21-51(49)61)16-9-17-45-33-47(69-52(64-45)37-24-22-36(34-56)23-25-37)31-41(59)13-8-15-44-32-43(65-53(66-44)38-10-6-11-39(57)29-38)14-7-12-40(58)30-46-26-27-62-54(67-46)48-18-2-4-20-50(48)60/h2-6,10-11,18-25,29,35,40-47,52-55,57-61H,7-9,12-17,26-28,30-33H2,1H3. The van der Waals surface area contributed by atoms with Gasteiger partial charge in [-0.25, -0.2) is 0 Å². The molecule has 0 aromatic heterocycles. The minimum absolute atomic E-state index is 0.0267. The predicted molar refractivity (Wildman–Crippen MR) is 253 cm³/mol. The average Bonchev–Trinajstić information content (AvgIpc) is 3.34. The van der Waals surface area contributed by atoms with Crippen LogP contribution in [0.4, 0.5) is 0 Å². The molecule has 0 bridgehead atoms. The molecule has 4 aromatic rings. The maximum atomic E-state index is 11.5. The van der Waals surface area contributed by atoms with Crippen molar-refractivity contribution < 1.29 is 63.4 Å². The van der Waals surface area contributed by atoms with E-state index in [0.717, 1.165) is 43.2 Å². The lowest BCUT2D eigenvalue weighted by Gasteiger charge is -2.38. The third kappa shape index (κ3) is 14.7. The van der Waals surface area contributed by atoms with Gasteiger partial charge >= 0.3 is 0 Å². The van der Waals surface area contributed by atoms with Crippen LogP contribution in [0.3, 0.4) is 0 Å². The SMILES string of the molecule is CC1CC(CCCC2CC(CC(O)CCCC3CC(CCCC(O)CC4CCOC(c5ccccc5O)O4)OC(c4cccc(O)c4)O3)OC(c3ccc(C#N)cc3)O2)OC(c2ccccc2O)O1. The second kappa shape index (κ2) is 25.0. The maximum absolute atomic E-state index is 11.5. The third-order valence-electron chi connectivity index (χ3n) is 13.7. The van der Waals surface area contributed by atoms with Crippen LogP contribution in [0.2, 0.25) is 0 Å². The lowest BCUT2D eigenvalue weighted by Crippen LogP contribution is -2.36. The van der Waals surface area contributed by atoms with Crippen LogP contribution in [0, 0.1) is 11.3 Å². The largest absolute Gasteiger partial charge is 0.508 e. The second-order valence-corrected chi connectivity index (χ2v) is 19.2. The second-order valence-electron chi connectivity index (χ2n) is 19.2. The first kappa shape index (κ1) is 50.7. The number of para-hydroxylation sites is 2. The van der Waals surface area contributed by atoms with Crippen LogP contribution < -0.4 is 0 Å². The Hall–Kier alpha value is -4.63. The van der Waals surface area contributed by atoms with Crippen molar-refractivity contribution >= 4 is 0 Å². The number of phenols is 3. The van der Waals surface area contributed by atoms with E-state index in [1.54, 1.807) is 60.7 Å². The number of nitriles is 1. The van der Waals surface area contributed by atoms with Crippen LogP contribution in [0.15, 0.2) is 97.1 Å². The van der Waals surface area contributed by atoms with Crippen molar-refractivity contribution in [2.24, 2.45) is 0 Å². The van der Waals surface area contributed by atoms with E-state index in [1.807, 2.05) is 43.3 Å². The first-order valence-corrected chi connectivity index (χ1v) is 25.0. The van der Waals surface area contributed by atoms with Gasteiger partial charge in [-0.05, 0) is 127 Å². The van der Waals surface area contributed by atoms with E-state index in [1.165, 1.54) is 0 Å². The van der Waals surface area contributed by atoms with E-state index >= 15 is 0 Å². The topological polar surface area (TPSA) is 199 Å². The van der Waals surface area contributed by atoms with Crippen molar-refractivity contribution in [3.05, 3.63) is 125 Å². The summed E-state index contributed by atoms with van der Waals surface area (Å²) in [6.45, 7) is 2.51. The average molecular weight is 952 g/mol. The third-order valence-corrected chi connectivity index (χ3v) is 13.7.